The smallest absolute Gasteiger partial charge is 0.388 e. The Hall–Kier alpha value is -1.90. The first-order valence-electron chi connectivity index (χ1n) is 29.9. The first kappa shape index (κ1) is 68.5. The molecule has 3 saturated carbocycles. The first-order valence-corrected chi connectivity index (χ1v) is 31.3. The molecule has 0 aromatic heterocycles. The van der Waals surface area contributed by atoms with Gasteiger partial charge in [-0.15, -0.1) is 0 Å². The van der Waals surface area contributed by atoms with Crippen molar-refractivity contribution in [2.75, 3.05) is 13.7 Å². The number of aliphatic hydroxyl groups is 12. The number of hydrogen-bond acceptors (Lipinski definition) is 27. The minimum Gasteiger partial charge on any atom is -0.388 e. The Bertz CT molecular complexity index is 2520. The number of hydrogen-bond donors (Lipinski definition) is 13. The van der Waals surface area contributed by atoms with Crippen LogP contribution in [0.25, 0.3) is 0 Å². The van der Waals surface area contributed by atoms with Crippen LogP contribution in [0.5, 0.6) is 0 Å². The molecule has 0 aromatic rings. The van der Waals surface area contributed by atoms with E-state index in [1.54, 1.807) is 0 Å². The van der Waals surface area contributed by atoms with Crippen LogP contribution in [0.15, 0.2) is 23.8 Å². The Morgan fingerprint density at radius 2 is 1.13 bits per heavy atom. The van der Waals surface area contributed by atoms with Crippen molar-refractivity contribution in [3.63, 3.8) is 0 Å². The molecule has 9 aliphatic rings. The number of rotatable bonds is 17. The van der Waals surface area contributed by atoms with E-state index in [0.717, 1.165) is 5.57 Å². The molecule has 0 radical (unpaired) electrons. The van der Waals surface area contributed by atoms with E-state index in [-0.39, 0.29) is 31.1 Å². The molecule has 0 aromatic carbocycles. The SMILES string of the molecule is CO[C@@H]1[C@@H](O)[C@H](O[C@H]2[C@H](O[C@@H]3[C@@H](O)[C@H](O[C@H]4C[C@@H]5C(=CC[C@@]6(C)[C@H]5CC[C@@H]6[C@@](C)(O)C(=O)/C=C/C(C)(C)O)[C@@]5(C)CC[C@H](OS(=O)(=O)O)C[C@H]45)O[C@H](C)[C@H]3O)OC[C@@H](O[C@@H]3O[C@H](C)[C@@H](O)[C@H](O)[C@H]3O[C@@H]3O[C@H](C)[C@H](O)[C@H](O)[C@H]3O)[C@@H]2O)O[C@H](C)[C@H]1O. The van der Waals surface area contributed by atoms with Gasteiger partial charge in [-0.2, -0.15) is 8.42 Å². The van der Waals surface area contributed by atoms with Gasteiger partial charge in [-0.1, -0.05) is 31.6 Å². The number of ketones is 1. The molecule has 13 N–H and O–H groups in total. The largest absolute Gasteiger partial charge is 0.397 e. The summed E-state index contributed by atoms with van der Waals surface area (Å²) in [6.07, 6.45) is -32.4. The molecule has 29 heteroatoms. The van der Waals surface area contributed by atoms with Crippen molar-refractivity contribution < 1.29 is 135 Å². The van der Waals surface area contributed by atoms with Crippen LogP contribution in [0.4, 0.5) is 0 Å². The van der Waals surface area contributed by atoms with Crippen LogP contribution < -0.4 is 0 Å². The average Bonchev–Trinajstić information content (AvgIpc) is 1.33. The fraction of sp³-hybridized carbons (Fsp3) is 0.912. The summed E-state index contributed by atoms with van der Waals surface area (Å²) < 4.78 is 107. The predicted octanol–water partition coefficient (Wildman–Crippen LogP) is -2.10. The topological polar surface area (TPSA) is 425 Å². The van der Waals surface area contributed by atoms with Crippen molar-refractivity contribution in [3.05, 3.63) is 23.8 Å². The fourth-order valence-corrected chi connectivity index (χ4v) is 16.0. The standard InChI is InChI=1S/C57H92O28S/c1-22-35(59)40(64)42(66)49(76-22)84-48-41(65)36(60)23(2)79-53(48)81-32-21-75-52(47(39(32)63)83-51-43(67)45(74-10)37(61)24(3)78-51)82-46-38(62)25(4)77-50(44(46)68)80-31-20-27-28-11-12-33(57(9,70)34(58)15-16-54(5,6)69)56(28,8)18-14-29(27)55(7)17-13-26(19-30(31)55)85-86(71,72)73/h14-16,22-28,30-33,35-53,59-70H,11-13,17-21H2,1-10H3,(H,71,72,73)/b16-15+/t22-,23-,24-,25-,26+,27+,28+,30-,31+,32-,33+,35+,36-,37-,38-,39+,40+,41+,42-,43-,44-,45+,46+,47-,48-,49+,50+,51+,52+,53+,55-,56+,57-/m1/s1. The second kappa shape index (κ2) is 25.9. The van der Waals surface area contributed by atoms with Gasteiger partial charge in [0.05, 0.1) is 48.8 Å². The van der Waals surface area contributed by atoms with E-state index in [1.165, 1.54) is 67.7 Å². The van der Waals surface area contributed by atoms with Crippen molar-refractivity contribution >= 4 is 16.2 Å². The number of aliphatic hydroxyl groups excluding tert-OH is 10. The van der Waals surface area contributed by atoms with Gasteiger partial charge in [-0.25, -0.2) is 4.18 Å². The second-order valence-corrected chi connectivity index (χ2v) is 27.7. The highest BCUT2D eigenvalue weighted by Crippen LogP contribution is 2.67. The summed E-state index contributed by atoms with van der Waals surface area (Å²) in [4.78, 5) is 13.7. The molecule has 0 amide bonds. The van der Waals surface area contributed by atoms with Gasteiger partial charge in [-0.05, 0) is 128 Å². The number of fused-ring (bicyclic) bond motifs is 5. The first-order chi connectivity index (χ1) is 40.0. The zero-order chi connectivity index (χ0) is 63.2. The minimum atomic E-state index is -4.90. The lowest BCUT2D eigenvalue weighted by molar-refractivity contribution is -0.398. The zero-order valence-corrected chi connectivity index (χ0v) is 50.9. The third-order valence-corrected chi connectivity index (χ3v) is 20.9. The van der Waals surface area contributed by atoms with Gasteiger partial charge in [-0.3, -0.25) is 9.35 Å². The van der Waals surface area contributed by atoms with Crippen LogP contribution in [-0.2, 0) is 71.5 Å². The molecule has 494 valence electrons. The summed E-state index contributed by atoms with van der Waals surface area (Å²) in [5, 5.41) is 135. The highest BCUT2D eigenvalue weighted by Gasteiger charge is 2.64. The van der Waals surface area contributed by atoms with Crippen LogP contribution >= 0.6 is 0 Å². The molecule has 5 heterocycles. The lowest BCUT2D eigenvalue weighted by Crippen LogP contribution is -2.67. The molecular formula is C57H92O28S. The molecule has 0 bridgehead atoms. The molecule has 4 aliphatic carbocycles. The lowest BCUT2D eigenvalue weighted by atomic mass is 9.47. The maximum absolute atomic E-state index is 13.7. The van der Waals surface area contributed by atoms with E-state index in [1.807, 2.05) is 0 Å². The fourth-order valence-electron chi connectivity index (χ4n) is 15.4. The van der Waals surface area contributed by atoms with Crippen LogP contribution in [0, 0.1) is 34.5 Å². The van der Waals surface area contributed by atoms with E-state index in [4.69, 9.17) is 56.3 Å². The molecule has 33 atom stereocenters. The van der Waals surface area contributed by atoms with E-state index in [2.05, 4.69) is 19.9 Å². The summed E-state index contributed by atoms with van der Waals surface area (Å²) in [6.45, 7) is 13.8. The van der Waals surface area contributed by atoms with Crippen molar-refractivity contribution in [3.8, 4) is 0 Å². The van der Waals surface area contributed by atoms with E-state index >= 15 is 0 Å². The monoisotopic (exact) mass is 1260 g/mol. The zero-order valence-electron chi connectivity index (χ0n) is 50.1. The van der Waals surface area contributed by atoms with Crippen molar-refractivity contribution in [1.29, 1.82) is 0 Å². The Morgan fingerprint density at radius 3 is 1.73 bits per heavy atom. The Kier molecular flexibility index (Phi) is 20.6. The van der Waals surface area contributed by atoms with Crippen molar-refractivity contribution in [1.82, 2.24) is 0 Å². The number of allylic oxidation sites excluding steroid dienone is 2. The molecule has 9 rings (SSSR count). The average molecular weight is 1260 g/mol. The van der Waals surface area contributed by atoms with Crippen LogP contribution in [-0.4, -0.2) is 265 Å². The third kappa shape index (κ3) is 13.4. The number of ether oxygens (including phenoxy) is 11. The third-order valence-electron chi connectivity index (χ3n) is 20.4. The van der Waals surface area contributed by atoms with Gasteiger partial charge in [0.2, 0.25) is 0 Å². The quantitative estimate of drug-likeness (QED) is 0.0421. The second-order valence-electron chi connectivity index (χ2n) is 26.7. The molecule has 0 unspecified atom stereocenters. The summed E-state index contributed by atoms with van der Waals surface area (Å²) in [7, 11) is -3.66. The van der Waals surface area contributed by atoms with Crippen LogP contribution in [0.1, 0.15) is 107 Å². The summed E-state index contributed by atoms with van der Waals surface area (Å²) >= 11 is 0. The maximum atomic E-state index is 13.7. The molecule has 86 heavy (non-hydrogen) atoms. The van der Waals surface area contributed by atoms with Gasteiger partial charge < -0.3 is 113 Å². The number of methoxy groups -OCH3 is 1. The van der Waals surface area contributed by atoms with Gasteiger partial charge in [0.15, 0.2) is 37.2 Å². The van der Waals surface area contributed by atoms with Crippen molar-refractivity contribution in [2.45, 2.75) is 278 Å². The number of carbonyl (C=O) groups is 1. The highest BCUT2D eigenvalue weighted by molar-refractivity contribution is 7.80. The van der Waals surface area contributed by atoms with Gasteiger partial charge >= 0.3 is 10.4 Å². The predicted molar refractivity (Wildman–Crippen MR) is 290 cm³/mol. The molecule has 8 fully saturated rings. The van der Waals surface area contributed by atoms with Crippen LogP contribution in [0.2, 0.25) is 0 Å². The van der Waals surface area contributed by atoms with Crippen LogP contribution in [0.3, 0.4) is 0 Å². The molecule has 0 spiro atoms. The van der Waals surface area contributed by atoms with Gasteiger partial charge in [0.1, 0.15) is 97.2 Å². The van der Waals surface area contributed by atoms with Crippen molar-refractivity contribution in [2.24, 2.45) is 34.5 Å². The lowest BCUT2D eigenvalue weighted by Gasteiger charge is -2.60. The molecular weight excluding hydrogens is 1160 g/mol. The van der Waals surface area contributed by atoms with E-state index in [0.29, 0.717) is 25.7 Å². The number of carbonyl (C=O) groups excluding carboxylic acids is 1. The van der Waals surface area contributed by atoms with Gasteiger partial charge in [0.25, 0.3) is 0 Å². The Labute approximate surface area is 500 Å². The highest BCUT2D eigenvalue weighted by atomic mass is 32.3. The maximum Gasteiger partial charge on any atom is 0.397 e. The Balaban J connectivity index is 0.989. The Morgan fingerprint density at radius 1 is 0.605 bits per heavy atom. The van der Waals surface area contributed by atoms with E-state index < -0.39 is 216 Å². The minimum absolute atomic E-state index is 0.0813. The normalized spacial score (nSPS) is 51.0. The van der Waals surface area contributed by atoms with E-state index in [9.17, 15) is 79.0 Å². The van der Waals surface area contributed by atoms with Gasteiger partial charge in [0, 0.05) is 13.0 Å². The molecule has 28 nitrogen and oxygen atoms in total. The molecule has 5 saturated heterocycles. The summed E-state index contributed by atoms with van der Waals surface area (Å²) in [5.41, 5.74) is -3.31. The summed E-state index contributed by atoms with van der Waals surface area (Å²) in [6, 6.07) is 0. The molecule has 5 aliphatic heterocycles. The summed E-state index contributed by atoms with van der Waals surface area (Å²) in [5.74, 6) is -1.91.